The maximum atomic E-state index is 14.0. The molecule has 1 fully saturated rings. The van der Waals surface area contributed by atoms with E-state index in [1.54, 1.807) is 15.7 Å². The van der Waals surface area contributed by atoms with Gasteiger partial charge in [-0.3, -0.25) is 19.2 Å². The predicted octanol–water partition coefficient (Wildman–Crippen LogP) is 5.76. The number of carbonyl (C=O) groups is 1. The van der Waals surface area contributed by atoms with Gasteiger partial charge < -0.3 is 9.64 Å². The average molecular weight is 607 g/mol. The number of benzene rings is 1. The van der Waals surface area contributed by atoms with Gasteiger partial charge in [-0.2, -0.15) is 0 Å². The number of pyridine rings is 2. The van der Waals surface area contributed by atoms with Gasteiger partial charge in [-0.1, -0.05) is 41.6 Å². The van der Waals surface area contributed by atoms with E-state index in [2.05, 4.69) is 14.9 Å². The number of halogens is 1. The predicted molar refractivity (Wildman–Crippen MR) is 168 cm³/mol. The molecule has 0 saturated carbocycles. The summed E-state index contributed by atoms with van der Waals surface area (Å²) in [6.07, 6.45) is 3.37. The Morgan fingerprint density at radius 3 is 2.45 bits per heavy atom. The molecule has 3 aromatic heterocycles. The van der Waals surface area contributed by atoms with E-state index in [-0.39, 0.29) is 11.7 Å². The van der Waals surface area contributed by atoms with Crippen LogP contribution in [0.25, 0.3) is 33.4 Å². The number of hydrogen-bond acceptors (Lipinski definition) is 8. The summed E-state index contributed by atoms with van der Waals surface area (Å²) in [5.41, 5.74) is 3.66. The largest absolute Gasteiger partial charge is 0.444 e. The minimum Gasteiger partial charge on any atom is -0.444 e. The number of thioether (sulfide) groups is 1. The van der Waals surface area contributed by atoms with E-state index in [0.29, 0.717) is 66.2 Å². The summed E-state index contributed by atoms with van der Waals surface area (Å²) < 4.78 is 7.24. The summed E-state index contributed by atoms with van der Waals surface area (Å²) in [6.45, 7) is 11.1. The fourth-order valence-electron chi connectivity index (χ4n) is 4.96. The molecule has 0 atom stereocenters. The number of aryl methyl sites for hydroxylation is 1. The second-order valence-corrected chi connectivity index (χ2v) is 12.5. The van der Waals surface area contributed by atoms with E-state index in [1.165, 1.54) is 11.8 Å². The van der Waals surface area contributed by atoms with Gasteiger partial charge in [-0.05, 0) is 58.2 Å². The van der Waals surface area contributed by atoms with Crippen molar-refractivity contribution in [1.29, 1.82) is 0 Å². The number of amides is 1. The number of piperazine rings is 1. The summed E-state index contributed by atoms with van der Waals surface area (Å²) in [5.74, 6) is 0. The van der Waals surface area contributed by atoms with Crippen molar-refractivity contribution in [3.8, 4) is 22.4 Å². The van der Waals surface area contributed by atoms with Crippen LogP contribution in [0.4, 0.5) is 4.79 Å². The Balaban J connectivity index is 1.42. The van der Waals surface area contributed by atoms with Crippen LogP contribution in [0.3, 0.4) is 0 Å². The molecular formula is C31H35ClN6O3S. The van der Waals surface area contributed by atoms with Crippen molar-refractivity contribution in [2.45, 2.75) is 45.0 Å². The summed E-state index contributed by atoms with van der Waals surface area (Å²) in [4.78, 5) is 44.2. The molecule has 0 N–H and O–H groups in total. The molecule has 9 nitrogen and oxygen atoms in total. The zero-order chi connectivity index (χ0) is 30.0. The average Bonchev–Trinajstić information content (AvgIpc) is 2.95. The number of rotatable bonds is 6. The Morgan fingerprint density at radius 2 is 1.79 bits per heavy atom. The van der Waals surface area contributed by atoms with E-state index in [9.17, 15) is 9.59 Å². The van der Waals surface area contributed by atoms with E-state index in [0.717, 1.165) is 22.3 Å². The molecule has 0 bridgehead atoms. The second kappa shape index (κ2) is 12.4. The smallest absolute Gasteiger partial charge is 0.410 e. The number of carbonyl (C=O) groups excluding carboxylic acids is 1. The summed E-state index contributed by atoms with van der Waals surface area (Å²) >= 11 is 8.22. The van der Waals surface area contributed by atoms with Gasteiger partial charge in [-0.25, -0.2) is 14.8 Å². The molecule has 0 spiro atoms. The second-order valence-electron chi connectivity index (χ2n) is 11.3. The first kappa shape index (κ1) is 30.0. The van der Waals surface area contributed by atoms with Crippen LogP contribution in [-0.2, 0) is 11.3 Å². The first-order chi connectivity index (χ1) is 20.0. The van der Waals surface area contributed by atoms with Crippen LogP contribution >= 0.6 is 23.4 Å². The van der Waals surface area contributed by atoms with Gasteiger partial charge in [0.25, 0.3) is 5.56 Å². The lowest BCUT2D eigenvalue weighted by molar-refractivity contribution is 0.0143. The van der Waals surface area contributed by atoms with Gasteiger partial charge in [0.15, 0.2) is 5.16 Å². The monoisotopic (exact) mass is 606 g/mol. The van der Waals surface area contributed by atoms with Crippen molar-refractivity contribution < 1.29 is 9.53 Å². The Kier molecular flexibility index (Phi) is 8.86. The molecule has 1 aliphatic rings. The van der Waals surface area contributed by atoms with Gasteiger partial charge in [-0.15, -0.1) is 0 Å². The molecule has 1 saturated heterocycles. The Hall–Kier alpha value is -3.47. The fourth-order valence-corrected chi connectivity index (χ4v) is 5.58. The third-order valence-corrected chi connectivity index (χ3v) is 7.97. The first-order valence-corrected chi connectivity index (χ1v) is 15.5. The van der Waals surface area contributed by atoms with E-state index in [1.807, 2.05) is 76.4 Å². The van der Waals surface area contributed by atoms with Gasteiger partial charge >= 0.3 is 6.09 Å². The molecule has 4 aromatic rings. The molecule has 0 aliphatic carbocycles. The molecule has 1 amide bonds. The maximum absolute atomic E-state index is 14.0. The minimum absolute atomic E-state index is 0.163. The van der Waals surface area contributed by atoms with E-state index >= 15 is 0 Å². The Bertz CT molecular complexity index is 1680. The van der Waals surface area contributed by atoms with Crippen molar-refractivity contribution >= 4 is 40.5 Å². The maximum Gasteiger partial charge on any atom is 0.410 e. The highest BCUT2D eigenvalue weighted by Crippen LogP contribution is 2.32. The SMILES string of the molecule is CSc1ncc2cc(-c3ccc(-c4cccc(C)n4)cc3Cl)c(=O)n(CCN3CCN(C(=O)OC(C)(C)C)CC3)c2n1. The molecule has 4 heterocycles. The number of ether oxygens (including phenoxy) is 1. The molecule has 11 heteroatoms. The summed E-state index contributed by atoms with van der Waals surface area (Å²) in [7, 11) is 0. The quantitative estimate of drug-likeness (QED) is 0.202. The molecule has 0 unspecified atom stereocenters. The zero-order valence-corrected chi connectivity index (χ0v) is 26.1. The van der Waals surface area contributed by atoms with Crippen LogP contribution in [-0.4, -0.2) is 80.0 Å². The zero-order valence-electron chi connectivity index (χ0n) is 24.6. The van der Waals surface area contributed by atoms with Gasteiger partial charge in [0.2, 0.25) is 0 Å². The molecular weight excluding hydrogens is 572 g/mol. The Morgan fingerprint density at radius 1 is 1.02 bits per heavy atom. The molecule has 220 valence electrons. The van der Waals surface area contributed by atoms with E-state index < -0.39 is 5.60 Å². The number of aromatic nitrogens is 4. The van der Waals surface area contributed by atoms with Crippen LogP contribution in [0.1, 0.15) is 26.5 Å². The van der Waals surface area contributed by atoms with Crippen molar-refractivity contribution in [3.63, 3.8) is 0 Å². The van der Waals surface area contributed by atoms with Crippen molar-refractivity contribution in [2.24, 2.45) is 0 Å². The van der Waals surface area contributed by atoms with Gasteiger partial charge in [0, 0.05) is 78.3 Å². The molecule has 5 rings (SSSR count). The highest BCUT2D eigenvalue weighted by Gasteiger charge is 2.26. The minimum atomic E-state index is -0.528. The highest BCUT2D eigenvalue weighted by atomic mass is 35.5. The Labute approximate surface area is 254 Å². The molecule has 1 aliphatic heterocycles. The van der Waals surface area contributed by atoms with Crippen LogP contribution in [0.15, 0.2) is 58.6 Å². The molecule has 0 radical (unpaired) electrons. The highest BCUT2D eigenvalue weighted by molar-refractivity contribution is 7.98. The molecule has 42 heavy (non-hydrogen) atoms. The normalized spacial score (nSPS) is 14.4. The van der Waals surface area contributed by atoms with Gasteiger partial charge in [0.1, 0.15) is 11.2 Å². The number of fused-ring (bicyclic) bond motifs is 1. The summed E-state index contributed by atoms with van der Waals surface area (Å²) in [6, 6.07) is 13.3. The lowest BCUT2D eigenvalue weighted by Crippen LogP contribution is -2.50. The van der Waals surface area contributed by atoms with Crippen LogP contribution in [0, 0.1) is 6.92 Å². The van der Waals surface area contributed by atoms with Crippen LogP contribution in [0.5, 0.6) is 0 Å². The first-order valence-electron chi connectivity index (χ1n) is 13.9. The van der Waals surface area contributed by atoms with Crippen molar-refractivity contribution in [3.05, 3.63) is 69.7 Å². The standard InChI is InChI=1S/C31H35ClN6O3S/c1-20-7-6-8-26(34-20)21-9-10-23(25(32)18-21)24-17-22-19-33-29(42-5)35-27(22)38(28(24)39)16-13-36-11-14-37(15-12-36)30(40)41-31(2,3)4/h6-10,17-19H,11-16H2,1-5H3. The number of hydrogen-bond donors (Lipinski definition) is 0. The summed E-state index contributed by atoms with van der Waals surface area (Å²) in [5, 5.41) is 1.83. The fraction of sp³-hybridized carbons (Fsp3) is 0.387. The third-order valence-electron chi connectivity index (χ3n) is 7.09. The lowest BCUT2D eigenvalue weighted by atomic mass is 10.0. The van der Waals surface area contributed by atoms with E-state index in [4.69, 9.17) is 21.3 Å². The third kappa shape index (κ3) is 6.77. The van der Waals surface area contributed by atoms with Crippen molar-refractivity contribution in [2.75, 3.05) is 39.0 Å². The molecule has 1 aromatic carbocycles. The number of nitrogens with zero attached hydrogens (tertiary/aromatic N) is 6. The van der Waals surface area contributed by atoms with Crippen LogP contribution in [0.2, 0.25) is 5.02 Å². The van der Waals surface area contributed by atoms with Crippen LogP contribution < -0.4 is 5.56 Å². The lowest BCUT2D eigenvalue weighted by Gasteiger charge is -2.35. The topological polar surface area (TPSA) is 93.5 Å². The van der Waals surface area contributed by atoms with Crippen molar-refractivity contribution in [1.82, 2.24) is 29.3 Å². The van der Waals surface area contributed by atoms with Gasteiger partial charge in [0.05, 0.1) is 5.69 Å².